The molecule has 2 N–H and O–H groups in total. The first-order valence-electron chi connectivity index (χ1n) is 22.9. The molecule has 1 spiro atoms. The molecule has 13 unspecified atom stereocenters. The van der Waals surface area contributed by atoms with E-state index < -0.39 is 71.5 Å². The van der Waals surface area contributed by atoms with Gasteiger partial charge in [-0.3, -0.25) is 19.4 Å². The van der Waals surface area contributed by atoms with E-state index in [0.29, 0.717) is 49.7 Å². The summed E-state index contributed by atoms with van der Waals surface area (Å²) in [7, 11) is 3.06. The molecule has 4 aliphatic heterocycles. The first kappa shape index (κ1) is 49.7. The highest BCUT2D eigenvalue weighted by molar-refractivity contribution is 6.39. The number of piperidine rings is 1. The maximum atomic E-state index is 15.0. The number of aliphatic hydroxyl groups excluding tert-OH is 1. The second kappa shape index (κ2) is 22.0. The van der Waals surface area contributed by atoms with E-state index >= 15 is 0 Å². The summed E-state index contributed by atoms with van der Waals surface area (Å²) in [4.78, 5) is 76.2. The van der Waals surface area contributed by atoms with Crippen molar-refractivity contribution in [3.63, 3.8) is 0 Å². The van der Waals surface area contributed by atoms with Gasteiger partial charge in [-0.15, -0.1) is 0 Å². The number of Topliss-reactive ketones (excluding diaryl/α,β-unsaturated/α-hetero) is 2. The van der Waals surface area contributed by atoms with Crippen LogP contribution < -0.4 is 0 Å². The summed E-state index contributed by atoms with van der Waals surface area (Å²) >= 11 is 0. The van der Waals surface area contributed by atoms with Crippen molar-refractivity contribution in [2.75, 3.05) is 34.0 Å². The lowest BCUT2D eigenvalue weighted by molar-refractivity contribution is -0.302. The van der Waals surface area contributed by atoms with Gasteiger partial charge in [-0.25, -0.2) is 9.59 Å². The van der Waals surface area contributed by atoms with E-state index in [1.807, 2.05) is 13.8 Å². The number of ketones is 2. The average molecular weight is 873 g/mol. The fourth-order valence-corrected chi connectivity index (χ4v) is 10.5. The predicted octanol–water partition coefficient (Wildman–Crippen LogP) is 5.22. The zero-order chi connectivity index (χ0) is 45.4. The quantitative estimate of drug-likeness (QED) is 0.174. The number of cyclic esters (lactones) is 1. The Morgan fingerprint density at radius 2 is 1.68 bits per heavy atom. The topological polar surface area (TPSA) is 197 Å². The Labute approximate surface area is 367 Å². The summed E-state index contributed by atoms with van der Waals surface area (Å²) in [6, 6.07) is 0. The number of methoxy groups -OCH3 is 2. The highest BCUT2D eigenvalue weighted by Gasteiger charge is 2.59. The van der Waals surface area contributed by atoms with Crippen LogP contribution in [0.2, 0.25) is 0 Å². The zero-order valence-electron chi connectivity index (χ0n) is 38.2. The monoisotopic (exact) mass is 873 g/mol. The zero-order valence-corrected chi connectivity index (χ0v) is 38.2. The van der Waals surface area contributed by atoms with Crippen molar-refractivity contribution in [2.24, 2.45) is 34.6 Å². The Kier molecular flexibility index (Phi) is 17.7. The summed E-state index contributed by atoms with van der Waals surface area (Å²) in [6.45, 7) is 11.5. The highest BCUT2D eigenvalue weighted by atomic mass is 16.7. The third-order valence-electron chi connectivity index (χ3n) is 13.9. The lowest BCUT2D eigenvalue weighted by atomic mass is 9.77. The Morgan fingerprint density at radius 1 is 0.952 bits per heavy atom. The van der Waals surface area contributed by atoms with Gasteiger partial charge in [0.2, 0.25) is 11.4 Å². The maximum Gasteiger partial charge on any atom is 0.355 e. The number of aliphatic hydroxyl groups is 2. The smallest absolute Gasteiger partial charge is 0.355 e. The minimum Gasteiger partial charge on any atom is -0.464 e. The molecule has 0 aromatic heterocycles. The van der Waals surface area contributed by atoms with E-state index in [-0.39, 0.29) is 81.0 Å². The second-order valence-corrected chi connectivity index (χ2v) is 18.6. The van der Waals surface area contributed by atoms with Crippen molar-refractivity contribution in [1.29, 1.82) is 0 Å². The van der Waals surface area contributed by atoms with Crippen LogP contribution in [0.25, 0.3) is 0 Å². The molecule has 5 aliphatic rings. The molecular formula is C47H72N2O13. The van der Waals surface area contributed by atoms with E-state index in [1.54, 1.807) is 19.9 Å². The number of hydrogen-bond acceptors (Lipinski definition) is 14. The fraction of sp³-hybridized carbons (Fsp3) is 0.787. The van der Waals surface area contributed by atoms with Crippen LogP contribution in [0.15, 0.2) is 28.3 Å². The van der Waals surface area contributed by atoms with Gasteiger partial charge in [0.15, 0.2) is 5.78 Å². The Morgan fingerprint density at radius 3 is 2.37 bits per heavy atom. The molecule has 15 nitrogen and oxygen atoms in total. The standard InChI is InChI=1S/C47H72N2O13/c1-9-33-24-32(13-14-37(33)60-27-41(52)59-10-2)22-30(5)38-26-35(50)25-36(51)34-15-17-48-46(45(55)61-38)16-11-12-18-49(46)44(54)43(53)47(56)31(6)23-40(58-8)42(62-47)39(57-7)21-29(4)19-28(3)20-34/h15,17,22,28-29,31-33,35,37-40,42,50,56H,9-14,16,18-21,23-27H2,1-8H3/b30-22?,34-15-,48-17?. The summed E-state index contributed by atoms with van der Waals surface area (Å²) < 4.78 is 35.4. The fourth-order valence-electron chi connectivity index (χ4n) is 10.5. The summed E-state index contributed by atoms with van der Waals surface area (Å²) in [6.07, 6.45) is 5.95. The number of amides is 1. The lowest BCUT2D eigenvalue weighted by Gasteiger charge is -2.48. The minimum atomic E-state index is -2.57. The van der Waals surface area contributed by atoms with Crippen molar-refractivity contribution >= 4 is 35.6 Å². The van der Waals surface area contributed by atoms with Crippen molar-refractivity contribution in [2.45, 2.75) is 173 Å². The Bertz CT molecular complexity index is 1700. The van der Waals surface area contributed by atoms with E-state index in [1.165, 1.54) is 20.4 Å². The molecule has 15 heteroatoms. The van der Waals surface area contributed by atoms with Gasteiger partial charge < -0.3 is 43.5 Å². The molecule has 0 aromatic rings. The van der Waals surface area contributed by atoms with Gasteiger partial charge in [-0.05, 0) is 113 Å². The Hall–Kier alpha value is -3.34. The molecule has 1 aliphatic carbocycles. The SMILES string of the molecule is CCOC(=O)COC1CCC(C=C(C)C2CC(O)CC(=O)/C3=C\C=NC4(CCCCN4C(=O)C(=O)C4(O)OC(C(OC)CC(C)CC(C)C3)C(OC)CC4C)C(=O)O2)CC1CC. The Balaban J connectivity index is 1.55. The van der Waals surface area contributed by atoms with Gasteiger partial charge in [-0.1, -0.05) is 40.2 Å². The van der Waals surface area contributed by atoms with E-state index in [2.05, 4.69) is 19.9 Å². The molecule has 62 heavy (non-hydrogen) atoms. The summed E-state index contributed by atoms with van der Waals surface area (Å²) in [5.41, 5.74) is -0.947. The largest absolute Gasteiger partial charge is 0.464 e. The van der Waals surface area contributed by atoms with Gasteiger partial charge in [-0.2, -0.15) is 0 Å². The maximum absolute atomic E-state index is 15.0. The average Bonchev–Trinajstić information content (AvgIpc) is 3.24. The first-order valence-corrected chi connectivity index (χ1v) is 22.9. The molecule has 3 fully saturated rings. The molecule has 4 heterocycles. The minimum absolute atomic E-state index is 0.00178. The van der Waals surface area contributed by atoms with Crippen LogP contribution in [-0.2, 0) is 52.4 Å². The molecule has 0 radical (unpaired) electrons. The van der Waals surface area contributed by atoms with Crippen LogP contribution in [0.5, 0.6) is 0 Å². The van der Waals surface area contributed by atoms with Crippen molar-refractivity contribution in [3.05, 3.63) is 23.3 Å². The molecule has 0 aromatic carbocycles. The van der Waals surface area contributed by atoms with Crippen molar-refractivity contribution in [1.82, 2.24) is 4.90 Å². The van der Waals surface area contributed by atoms with Crippen LogP contribution in [0.3, 0.4) is 0 Å². The lowest BCUT2D eigenvalue weighted by Crippen LogP contribution is -2.67. The number of nitrogens with zero attached hydrogens (tertiary/aromatic N) is 2. The number of allylic oxidation sites excluding steroid dienone is 3. The third-order valence-corrected chi connectivity index (χ3v) is 13.9. The molecule has 2 saturated heterocycles. The first-order chi connectivity index (χ1) is 29.5. The van der Waals surface area contributed by atoms with Crippen LogP contribution in [0, 0.1) is 29.6 Å². The number of carbonyl (C=O) groups is 5. The molecule has 5 rings (SSSR count). The molecular weight excluding hydrogens is 801 g/mol. The second-order valence-electron chi connectivity index (χ2n) is 18.6. The molecule has 348 valence electrons. The molecule has 13 atom stereocenters. The van der Waals surface area contributed by atoms with Crippen LogP contribution in [-0.4, -0.2) is 133 Å². The summed E-state index contributed by atoms with van der Waals surface area (Å²) in [5.74, 6) is -7.10. The number of fused-ring (bicyclic) bond motifs is 3. The molecule has 1 amide bonds. The van der Waals surface area contributed by atoms with Crippen LogP contribution in [0.1, 0.15) is 125 Å². The molecule has 4 bridgehead atoms. The van der Waals surface area contributed by atoms with E-state index in [0.717, 1.165) is 24.2 Å². The number of hydrogen-bond donors (Lipinski definition) is 2. The third kappa shape index (κ3) is 11.5. The highest BCUT2D eigenvalue weighted by Crippen LogP contribution is 2.41. The number of carbonyl (C=O) groups excluding carboxylic acids is 5. The van der Waals surface area contributed by atoms with E-state index in [9.17, 15) is 34.2 Å². The van der Waals surface area contributed by atoms with E-state index in [4.69, 9.17) is 33.4 Å². The molecule has 1 saturated carbocycles. The van der Waals surface area contributed by atoms with Crippen molar-refractivity contribution in [3.8, 4) is 0 Å². The van der Waals surface area contributed by atoms with Gasteiger partial charge in [0, 0.05) is 52.2 Å². The van der Waals surface area contributed by atoms with Crippen LogP contribution in [0.4, 0.5) is 0 Å². The predicted molar refractivity (Wildman–Crippen MR) is 229 cm³/mol. The number of rotatable bonds is 9. The number of ether oxygens (including phenoxy) is 6. The van der Waals surface area contributed by atoms with Crippen molar-refractivity contribution < 1.29 is 62.6 Å². The van der Waals surface area contributed by atoms with Gasteiger partial charge in [0.05, 0.1) is 31.0 Å². The number of esters is 2. The number of aliphatic imine (C=N–C) groups is 1. The normalized spacial score (nSPS) is 39.2. The van der Waals surface area contributed by atoms with Gasteiger partial charge >= 0.3 is 11.9 Å². The summed E-state index contributed by atoms with van der Waals surface area (Å²) in [5, 5.41) is 23.8. The van der Waals surface area contributed by atoms with Gasteiger partial charge in [0.25, 0.3) is 11.7 Å². The van der Waals surface area contributed by atoms with Gasteiger partial charge in [0.1, 0.15) is 18.8 Å². The van der Waals surface area contributed by atoms with Crippen LogP contribution >= 0.6 is 0 Å².